The Morgan fingerprint density at radius 1 is 0.760 bits per heavy atom. The average molecular weight is 402 g/mol. The minimum Gasteiger partial charge on any atom is -0.481 e. The maximum Gasteiger partial charge on any atom is 0.313 e. The second-order valence-corrected chi connectivity index (χ2v) is 7.11. The number of thioether (sulfide) groups is 3. The first-order valence-corrected chi connectivity index (χ1v) is 9.39. The average Bonchev–Trinajstić information content (AvgIpc) is 2.55. The molecule has 0 bridgehead atoms. The molecule has 0 atom stereocenters. The van der Waals surface area contributed by atoms with Gasteiger partial charge in [-0.1, -0.05) is 35.3 Å². The fraction of sp³-hybridized carbons (Fsp3) is 0.250. The summed E-state index contributed by atoms with van der Waals surface area (Å²) >= 11 is 2.71. The summed E-state index contributed by atoms with van der Waals surface area (Å²) in [4.78, 5) is 48.7. The van der Waals surface area contributed by atoms with Crippen LogP contribution in [0, 0.1) is 0 Å². The summed E-state index contributed by atoms with van der Waals surface area (Å²) in [6.45, 7) is 0. The minimum atomic E-state index is -1.06. The van der Waals surface area contributed by atoms with E-state index in [4.69, 9.17) is 15.3 Å². The summed E-state index contributed by atoms with van der Waals surface area (Å²) in [5.74, 6) is -3.93. The van der Waals surface area contributed by atoms with Crippen molar-refractivity contribution in [3.8, 4) is 0 Å². The van der Waals surface area contributed by atoms with Crippen LogP contribution < -0.4 is 0 Å². The van der Waals surface area contributed by atoms with Gasteiger partial charge in [0, 0.05) is 0 Å². The number of nitrogens with zero attached hydrogens (tertiary/aromatic N) is 4. The van der Waals surface area contributed by atoms with Crippen LogP contribution in [0.2, 0.25) is 0 Å². The van der Waals surface area contributed by atoms with E-state index in [1.165, 1.54) is 6.33 Å². The van der Waals surface area contributed by atoms with Gasteiger partial charge in [0.2, 0.25) is 0 Å². The summed E-state index contributed by atoms with van der Waals surface area (Å²) in [6.07, 6.45) is 1.21. The number of carboxylic acids is 3. The van der Waals surface area contributed by atoms with Crippen LogP contribution in [0.15, 0.2) is 21.5 Å². The molecule has 10 nitrogen and oxygen atoms in total. The zero-order valence-electron chi connectivity index (χ0n) is 12.3. The summed E-state index contributed by atoms with van der Waals surface area (Å²) in [7, 11) is 0. The zero-order valence-corrected chi connectivity index (χ0v) is 14.7. The van der Waals surface area contributed by atoms with Crippen LogP contribution in [0.4, 0.5) is 0 Å². The molecule has 0 fully saturated rings. The van der Waals surface area contributed by atoms with Crippen molar-refractivity contribution in [2.24, 2.45) is 0 Å². The van der Waals surface area contributed by atoms with Crippen LogP contribution in [0.25, 0.3) is 11.0 Å². The third-order valence-electron chi connectivity index (χ3n) is 2.39. The Morgan fingerprint density at radius 3 is 1.92 bits per heavy atom. The van der Waals surface area contributed by atoms with Gasteiger partial charge >= 0.3 is 17.9 Å². The first-order valence-electron chi connectivity index (χ1n) is 6.43. The Balaban J connectivity index is 2.47. The molecule has 0 aromatic carbocycles. The van der Waals surface area contributed by atoms with Crippen molar-refractivity contribution in [2.75, 3.05) is 17.3 Å². The molecule has 0 saturated carbocycles. The zero-order chi connectivity index (χ0) is 18.4. The van der Waals surface area contributed by atoms with E-state index in [0.29, 0.717) is 5.03 Å². The lowest BCUT2D eigenvalue weighted by molar-refractivity contribution is -0.134. The number of rotatable bonds is 9. The third-order valence-corrected chi connectivity index (χ3v) is 5.13. The van der Waals surface area contributed by atoms with Gasteiger partial charge < -0.3 is 15.3 Å². The van der Waals surface area contributed by atoms with Crippen LogP contribution >= 0.6 is 35.3 Å². The molecule has 2 heterocycles. The number of aliphatic carboxylic acids is 3. The second-order valence-electron chi connectivity index (χ2n) is 4.23. The molecule has 2 aromatic heterocycles. The molecule has 0 aliphatic carbocycles. The van der Waals surface area contributed by atoms with E-state index in [1.54, 1.807) is 0 Å². The Hall–Kier alpha value is -2.12. The Morgan fingerprint density at radius 2 is 1.32 bits per heavy atom. The van der Waals surface area contributed by atoms with E-state index in [2.05, 4.69) is 19.9 Å². The van der Waals surface area contributed by atoms with Crippen molar-refractivity contribution >= 4 is 64.2 Å². The Bertz CT molecular complexity index is 834. The maximum absolute atomic E-state index is 10.8. The molecule has 132 valence electrons. The van der Waals surface area contributed by atoms with Gasteiger partial charge in [0.05, 0.1) is 17.3 Å². The predicted molar refractivity (Wildman–Crippen MR) is 90.2 cm³/mol. The highest BCUT2D eigenvalue weighted by molar-refractivity contribution is 8.00. The number of carboxylic acid groups (broad SMARTS) is 3. The van der Waals surface area contributed by atoms with E-state index in [9.17, 15) is 14.4 Å². The van der Waals surface area contributed by atoms with Crippen molar-refractivity contribution in [2.45, 2.75) is 15.2 Å². The number of carbonyl (C=O) groups is 3. The monoisotopic (exact) mass is 402 g/mol. The van der Waals surface area contributed by atoms with E-state index in [-0.39, 0.29) is 38.5 Å². The van der Waals surface area contributed by atoms with Gasteiger partial charge in [-0.25, -0.2) is 19.9 Å². The summed E-state index contributed by atoms with van der Waals surface area (Å²) in [5.41, 5.74) is 0.540. The molecule has 0 saturated heterocycles. The van der Waals surface area contributed by atoms with Gasteiger partial charge in [0.25, 0.3) is 0 Å². The molecule has 3 N–H and O–H groups in total. The second kappa shape index (κ2) is 8.82. The molecule has 0 aliphatic heterocycles. The molecule has 2 aromatic rings. The fourth-order valence-corrected chi connectivity index (χ4v) is 3.52. The van der Waals surface area contributed by atoms with E-state index >= 15 is 0 Å². The van der Waals surface area contributed by atoms with Gasteiger partial charge in [-0.3, -0.25) is 14.4 Å². The summed E-state index contributed by atoms with van der Waals surface area (Å²) in [6, 6.07) is 0. The summed E-state index contributed by atoms with van der Waals surface area (Å²) < 4.78 is 0. The summed E-state index contributed by atoms with van der Waals surface area (Å²) in [5, 5.41) is 27.1. The van der Waals surface area contributed by atoms with Crippen molar-refractivity contribution in [1.29, 1.82) is 0 Å². The first kappa shape index (κ1) is 19.2. The fourth-order valence-electron chi connectivity index (χ4n) is 1.54. The number of fused-ring (bicyclic) bond motifs is 1. The molecule has 0 unspecified atom stereocenters. The molecule has 0 spiro atoms. The van der Waals surface area contributed by atoms with Crippen LogP contribution in [-0.4, -0.2) is 70.4 Å². The molecule has 0 amide bonds. The lowest BCUT2D eigenvalue weighted by Crippen LogP contribution is -2.04. The van der Waals surface area contributed by atoms with Crippen molar-refractivity contribution in [3.63, 3.8) is 0 Å². The molecule has 2 rings (SSSR count). The van der Waals surface area contributed by atoms with Crippen molar-refractivity contribution < 1.29 is 29.7 Å². The molecular formula is C12H10N4O6S3. The largest absolute Gasteiger partial charge is 0.481 e. The normalized spacial score (nSPS) is 10.7. The van der Waals surface area contributed by atoms with Gasteiger partial charge in [-0.15, -0.1) is 0 Å². The molecule has 0 radical (unpaired) electrons. The van der Waals surface area contributed by atoms with Crippen LogP contribution in [0.5, 0.6) is 0 Å². The lowest BCUT2D eigenvalue weighted by Gasteiger charge is -2.08. The van der Waals surface area contributed by atoms with Gasteiger partial charge in [-0.2, -0.15) is 0 Å². The van der Waals surface area contributed by atoms with Gasteiger partial charge in [0.15, 0.2) is 5.16 Å². The highest BCUT2D eigenvalue weighted by Gasteiger charge is 2.17. The van der Waals surface area contributed by atoms with Gasteiger partial charge in [-0.05, 0) is 0 Å². The van der Waals surface area contributed by atoms with Crippen LogP contribution in [0.3, 0.4) is 0 Å². The van der Waals surface area contributed by atoms with Gasteiger partial charge in [0.1, 0.15) is 27.4 Å². The SMILES string of the molecule is O=C(O)CSc1nc(SCC(=O)O)c2ncnc(SCC(=O)O)c2n1. The van der Waals surface area contributed by atoms with Crippen LogP contribution in [-0.2, 0) is 14.4 Å². The van der Waals surface area contributed by atoms with E-state index in [1.807, 2.05) is 0 Å². The first-order chi connectivity index (χ1) is 11.9. The Labute approximate surface area is 152 Å². The number of hydrogen-bond donors (Lipinski definition) is 3. The molecular weight excluding hydrogens is 392 g/mol. The van der Waals surface area contributed by atoms with Crippen molar-refractivity contribution in [3.05, 3.63) is 6.33 Å². The minimum absolute atomic E-state index is 0.120. The molecule has 25 heavy (non-hydrogen) atoms. The highest BCUT2D eigenvalue weighted by Crippen LogP contribution is 2.31. The third kappa shape index (κ3) is 5.72. The number of aromatic nitrogens is 4. The van der Waals surface area contributed by atoms with Crippen molar-refractivity contribution in [1.82, 2.24) is 19.9 Å². The smallest absolute Gasteiger partial charge is 0.313 e. The highest BCUT2D eigenvalue weighted by atomic mass is 32.2. The number of hydrogen-bond acceptors (Lipinski definition) is 10. The topological polar surface area (TPSA) is 163 Å². The lowest BCUT2D eigenvalue weighted by atomic mass is 10.4. The van der Waals surface area contributed by atoms with E-state index in [0.717, 1.165) is 35.3 Å². The van der Waals surface area contributed by atoms with E-state index < -0.39 is 17.9 Å². The predicted octanol–water partition coefficient (Wildman–Crippen LogP) is 0.950. The quantitative estimate of drug-likeness (QED) is 0.309. The standard InChI is InChI=1S/C12H10N4O6S3/c17-5(18)1-23-10-9-8(13-4-14-10)11(24-2-6(19)20)16-12(15-9)25-3-7(21)22/h4H,1-3H2,(H,17,18)(H,19,20)(H,21,22). The Kier molecular flexibility index (Phi) is 6.78. The molecule has 0 aliphatic rings. The maximum atomic E-state index is 10.8. The molecule has 13 heteroatoms. The van der Waals surface area contributed by atoms with Crippen LogP contribution in [0.1, 0.15) is 0 Å².